The van der Waals surface area contributed by atoms with Gasteiger partial charge in [0.1, 0.15) is 4.21 Å². The second-order valence-electron chi connectivity index (χ2n) is 7.29. The quantitative estimate of drug-likeness (QED) is 0.749. The molecule has 9 heteroatoms. The molecule has 1 saturated heterocycles. The Balaban J connectivity index is 1.46. The topological polar surface area (TPSA) is 83.5 Å². The van der Waals surface area contributed by atoms with Crippen molar-refractivity contribution in [1.82, 2.24) is 9.03 Å². The van der Waals surface area contributed by atoms with Gasteiger partial charge in [-0.2, -0.15) is 4.31 Å². The standard InChI is InChI=1S/C19H24N2O4S3/c22-27(23,18-9-7-15-5-1-2-6-16(15)13-18)20-14-17-8-10-19(26-17)28(24,25)21-11-3-4-12-21/h7-10,13,20H,1-6,11-12,14H2. The first-order valence-corrected chi connectivity index (χ1v) is 13.3. The lowest BCUT2D eigenvalue weighted by atomic mass is 9.92. The van der Waals surface area contributed by atoms with Crippen LogP contribution in [0.4, 0.5) is 0 Å². The zero-order chi connectivity index (χ0) is 19.8. The maximum atomic E-state index is 12.7. The van der Waals surface area contributed by atoms with E-state index in [1.165, 1.54) is 9.87 Å². The van der Waals surface area contributed by atoms with Gasteiger partial charge in [0, 0.05) is 24.5 Å². The largest absolute Gasteiger partial charge is 0.252 e. The van der Waals surface area contributed by atoms with Crippen molar-refractivity contribution in [1.29, 1.82) is 0 Å². The van der Waals surface area contributed by atoms with Crippen LogP contribution in [0.25, 0.3) is 0 Å². The van der Waals surface area contributed by atoms with Gasteiger partial charge in [-0.15, -0.1) is 11.3 Å². The Hall–Kier alpha value is -1.26. The average Bonchev–Trinajstić information content (AvgIpc) is 3.38. The molecule has 2 aromatic rings. The van der Waals surface area contributed by atoms with Crippen molar-refractivity contribution < 1.29 is 16.8 Å². The van der Waals surface area contributed by atoms with E-state index in [1.54, 1.807) is 24.3 Å². The van der Waals surface area contributed by atoms with E-state index in [9.17, 15) is 16.8 Å². The monoisotopic (exact) mass is 440 g/mol. The van der Waals surface area contributed by atoms with Gasteiger partial charge in [-0.25, -0.2) is 21.6 Å². The molecule has 1 fully saturated rings. The van der Waals surface area contributed by atoms with Crippen LogP contribution in [0.2, 0.25) is 0 Å². The third-order valence-electron chi connectivity index (χ3n) is 5.36. The fourth-order valence-electron chi connectivity index (χ4n) is 3.77. The summed E-state index contributed by atoms with van der Waals surface area (Å²) in [4.78, 5) is 0.953. The summed E-state index contributed by atoms with van der Waals surface area (Å²) in [5.74, 6) is 0. The fraction of sp³-hybridized carbons (Fsp3) is 0.474. The minimum absolute atomic E-state index is 0.0829. The van der Waals surface area contributed by atoms with Crippen molar-refractivity contribution in [2.45, 2.75) is 54.2 Å². The van der Waals surface area contributed by atoms with Crippen LogP contribution in [0.1, 0.15) is 41.7 Å². The third kappa shape index (κ3) is 4.04. The second kappa shape index (κ2) is 7.87. The van der Waals surface area contributed by atoms with E-state index in [0.29, 0.717) is 18.0 Å². The van der Waals surface area contributed by atoms with Gasteiger partial charge in [0.15, 0.2) is 0 Å². The highest BCUT2D eigenvalue weighted by atomic mass is 32.2. The molecule has 28 heavy (non-hydrogen) atoms. The molecule has 0 amide bonds. The second-order valence-corrected chi connectivity index (χ2v) is 12.4. The van der Waals surface area contributed by atoms with E-state index in [0.717, 1.165) is 55.4 Å². The molecule has 1 aliphatic carbocycles. The summed E-state index contributed by atoms with van der Waals surface area (Å²) in [6.45, 7) is 1.20. The molecule has 0 radical (unpaired) electrons. The number of hydrogen-bond donors (Lipinski definition) is 1. The summed E-state index contributed by atoms with van der Waals surface area (Å²) in [6.07, 6.45) is 5.94. The summed E-state index contributed by atoms with van der Waals surface area (Å²) in [6, 6.07) is 8.59. The van der Waals surface area contributed by atoms with E-state index in [1.807, 2.05) is 6.07 Å². The fourth-order valence-corrected chi connectivity index (χ4v) is 7.89. The summed E-state index contributed by atoms with van der Waals surface area (Å²) in [7, 11) is -7.10. The molecule has 0 unspecified atom stereocenters. The first kappa shape index (κ1) is 20.0. The molecular formula is C19H24N2O4S3. The molecule has 1 aromatic carbocycles. The van der Waals surface area contributed by atoms with Crippen LogP contribution in [-0.4, -0.2) is 34.2 Å². The lowest BCUT2D eigenvalue weighted by Crippen LogP contribution is -2.27. The molecule has 6 nitrogen and oxygen atoms in total. The third-order valence-corrected chi connectivity index (χ3v) is 10.2. The smallest absolute Gasteiger partial charge is 0.207 e. The Bertz CT molecular complexity index is 1070. The first-order chi connectivity index (χ1) is 13.4. The van der Waals surface area contributed by atoms with Crippen LogP contribution < -0.4 is 4.72 Å². The van der Waals surface area contributed by atoms with Crippen molar-refractivity contribution in [3.05, 3.63) is 46.3 Å². The number of benzene rings is 1. The number of nitrogens with one attached hydrogen (secondary N) is 1. The van der Waals surface area contributed by atoms with E-state index in [4.69, 9.17) is 0 Å². The highest BCUT2D eigenvalue weighted by Gasteiger charge is 2.28. The Morgan fingerprint density at radius 2 is 1.61 bits per heavy atom. The maximum absolute atomic E-state index is 12.7. The van der Waals surface area contributed by atoms with Crippen LogP contribution >= 0.6 is 11.3 Å². The number of hydrogen-bond acceptors (Lipinski definition) is 5. The molecule has 1 aromatic heterocycles. The zero-order valence-electron chi connectivity index (χ0n) is 15.6. The summed E-state index contributed by atoms with van der Waals surface area (Å²) in [5.41, 5.74) is 2.35. The van der Waals surface area contributed by atoms with E-state index >= 15 is 0 Å². The number of aryl methyl sites for hydroxylation is 2. The predicted octanol–water partition coefficient (Wildman–Crippen LogP) is 2.89. The molecular weight excluding hydrogens is 416 g/mol. The van der Waals surface area contributed by atoms with Gasteiger partial charge in [0.25, 0.3) is 10.0 Å². The van der Waals surface area contributed by atoms with Gasteiger partial charge >= 0.3 is 0 Å². The van der Waals surface area contributed by atoms with Crippen molar-refractivity contribution in [2.75, 3.05) is 13.1 Å². The van der Waals surface area contributed by atoms with Crippen LogP contribution in [-0.2, 0) is 39.4 Å². The highest BCUT2D eigenvalue weighted by Crippen LogP contribution is 2.28. The lowest BCUT2D eigenvalue weighted by molar-refractivity contribution is 0.479. The van der Waals surface area contributed by atoms with Crippen LogP contribution in [0.5, 0.6) is 0 Å². The minimum atomic E-state index is -3.64. The van der Waals surface area contributed by atoms with Gasteiger partial charge in [-0.05, 0) is 73.9 Å². The average molecular weight is 441 g/mol. The molecule has 1 aliphatic heterocycles. The van der Waals surface area contributed by atoms with Crippen LogP contribution in [0, 0.1) is 0 Å². The number of sulfonamides is 2. The summed E-state index contributed by atoms with van der Waals surface area (Å²) >= 11 is 1.13. The Morgan fingerprint density at radius 1 is 0.893 bits per heavy atom. The summed E-state index contributed by atoms with van der Waals surface area (Å²) < 4.78 is 54.9. The number of thiophene rings is 1. The highest BCUT2D eigenvalue weighted by molar-refractivity contribution is 7.91. The molecule has 0 saturated carbocycles. The van der Waals surface area contributed by atoms with E-state index < -0.39 is 20.0 Å². The van der Waals surface area contributed by atoms with Crippen molar-refractivity contribution >= 4 is 31.4 Å². The van der Waals surface area contributed by atoms with E-state index in [2.05, 4.69) is 4.72 Å². The summed E-state index contributed by atoms with van der Waals surface area (Å²) in [5, 5.41) is 0. The Labute approximate surface area is 170 Å². The molecule has 0 atom stereocenters. The maximum Gasteiger partial charge on any atom is 0.252 e. The molecule has 0 bridgehead atoms. The van der Waals surface area contributed by atoms with Gasteiger partial charge in [-0.1, -0.05) is 6.07 Å². The molecule has 152 valence electrons. The first-order valence-electron chi connectivity index (χ1n) is 9.57. The zero-order valence-corrected chi connectivity index (χ0v) is 18.0. The van der Waals surface area contributed by atoms with Crippen molar-refractivity contribution in [2.24, 2.45) is 0 Å². The molecule has 4 rings (SSSR count). The molecule has 1 N–H and O–H groups in total. The van der Waals surface area contributed by atoms with Gasteiger partial charge in [0.05, 0.1) is 4.90 Å². The molecule has 0 spiro atoms. The SMILES string of the molecule is O=S(=O)(NCc1ccc(S(=O)(=O)N2CCCC2)s1)c1ccc2c(c1)CCCC2. The van der Waals surface area contributed by atoms with Gasteiger partial charge in [-0.3, -0.25) is 0 Å². The van der Waals surface area contributed by atoms with E-state index in [-0.39, 0.29) is 15.6 Å². The normalized spacial score (nSPS) is 18.3. The molecule has 2 heterocycles. The van der Waals surface area contributed by atoms with Crippen LogP contribution in [0.15, 0.2) is 39.4 Å². The molecule has 2 aliphatic rings. The number of rotatable bonds is 6. The van der Waals surface area contributed by atoms with Gasteiger partial charge in [0.2, 0.25) is 10.0 Å². The van der Waals surface area contributed by atoms with Crippen molar-refractivity contribution in [3.8, 4) is 0 Å². The number of fused-ring (bicyclic) bond motifs is 1. The predicted molar refractivity (Wildman–Crippen MR) is 109 cm³/mol. The van der Waals surface area contributed by atoms with Gasteiger partial charge < -0.3 is 0 Å². The number of nitrogens with zero attached hydrogens (tertiary/aromatic N) is 1. The van der Waals surface area contributed by atoms with Crippen LogP contribution in [0.3, 0.4) is 0 Å². The van der Waals surface area contributed by atoms with Crippen molar-refractivity contribution in [3.63, 3.8) is 0 Å². The Morgan fingerprint density at radius 3 is 2.36 bits per heavy atom. The lowest BCUT2D eigenvalue weighted by Gasteiger charge is -2.16. The minimum Gasteiger partial charge on any atom is -0.207 e. The Kier molecular flexibility index (Phi) is 5.63.